The molecule has 0 spiro atoms. The fraction of sp³-hybridized carbons (Fsp3) is 0.360. The predicted octanol–water partition coefficient (Wildman–Crippen LogP) is 2.06. The molecule has 3 N–H and O–H groups in total. The molecular weight excluding hydrogens is 432 g/mol. The van der Waals surface area contributed by atoms with Crippen LogP contribution in [0.2, 0.25) is 0 Å². The van der Waals surface area contributed by atoms with Crippen molar-refractivity contribution in [2.45, 2.75) is 25.8 Å². The van der Waals surface area contributed by atoms with Crippen molar-refractivity contribution in [3.05, 3.63) is 66.1 Å². The van der Waals surface area contributed by atoms with E-state index in [1.165, 1.54) is 0 Å². The maximum atomic E-state index is 12.7. The molecule has 34 heavy (non-hydrogen) atoms. The molecule has 0 saturated carbocycles. The number of aryl methyl sites for hydroxylation is 1. The van der Waals surface area contributed by atoms with E-state index in [1.807, 2.05) is 41.4 Å². The number of H-pyrrole nitrogens is 1. The van der Waals surface area contributed by atoms with Gasteiger partial charge in [0.25, 0.3) is 0 Å². The third kappa shape index (κ3) is 6.12. The molecule has 0 radical (unpaired) electrons. The number of benzene rings is 1. The van der Waals surface area contributed by atoms with Gasteiger partial charge in [-0.1, -0.05) is 18.2 Å². The molecule has 3 aromatic rings. The molecule has 0 bridgehead atoms. The van der Waals surface area contributed by atoms with Gasteiger partial charge in [-0.25, -0.2) is 4.79 Å². The molecule has 9 nitrogen and oxygen atoms in total. The smallest absolute Gasteiger partial charge is 0.317 e. The summed E-state index contributed by atoms with van der Waals surface area (Å²) in [6, 6.07) is 11.6. The summed E-state index contributed by atoms with van der Waals surface area (Å²) in [6.45, 7) is 2.72. The van der Waals surface area contributed by atoms with Crippen molar-refractivity contribution in [2.24, 2.45) is 0 Å². The zero-order valence-corrected chi connectivity index (χ0v) is 19.1. The summed E-state index contributed by atoms with van der Waals surface area (Å²) in [7, 11) is 0. The number of carbonyl (C=O) groups excluding carboxylic acids is 3. The Labute approximate surface area is 198 Å². The number of amides is 4. The number of hydrogen-bond donors (Lipinski definition) is 3. The number of pyridine rings is 1. The molecule has 9 heteroatoms. The molecule has 1 saturated heterocycles. The summed E-state index contributed by atoms with van der Waals surface area (Å²) in [5, 5.41) is 6.78. The van der Waals surface area contributed by atoms with Gasteiger partial charge in [0.2, 0.25) is 11.8 Å². The number of rotatable bonds is 8. The van der Waals surface area contributed by atoms with Crippen LogP contribution in [0.15, 0.2) is 55.0 Å². The van der Waals surface area contributed by atoms with Crippen LogP contribution in [0.3, 0.4) is 0 Å². The first-order chi connectivity index (χ1) is 16.6. The van der Waals surface area contributed by atoms with E-state index in [9.17, 15) is 14.4 Å². The molecule has 1 aliphatic heterocycles. The molecule has 178 valence electrons. The third-order valence-electron chi connectivity index (χ3n) is 6.07. The summed E-state index contributed by atoms with van der Waals surface area (Å²) < 4.78 is 0. The lowest BCUT2D eigenvalue weighted by Crippen LogP contribution is -2.53. The van der Waals surface area contributed by atoms with E-state index in [-0.39, 0.29) is 30.8 Å². The Morgan fingerprint density at radius 3 is 2.44 bits per heavy atom. The van der Waals surface area contributed by atoms with Crippen LogP contribution in [0, 0.1) is 0 Å². The SMILES string of the molecule is O=C(CCNC(=O)N1CCN(C(=O)CCc2c[nH]c3ccccc23)CC1)NCc1ccncc1. The molecule has 1 fully saturated rings. The normalized spacial score (nSPS) is 13.6. The van der Waals surface area contributed by atoms with Crippen molar-refractivity contribution in [1.82, 2.24) is 30.4 Å². The minimum absolute atomic E-state index is 0.108. The highest BCUT2D eigenvalue weighted by molar-refractivity contribution is 5.84. The van der Waals surface area contributed by atoms with Crippen molar-refractivity contribution in [3.8, 4) is 0 Å². The van der Waals surface area contributed by atoms with E-state index in [0.717, 1.165) is 22.0 Å². The van der Waals surface area contributed by atoms with Crippen LogP contribution in [0.25, 0.3) is 10.9 Å². The van der Waals surface area contributed by atoms with Gasteiger partial charge < -0.3 is 25.4 Å². The molecule has 1 aliphatic rings. The van der Waals surface area contributed by atoms with E-state index >= 15 is 0 Å². The molecule has 0 aliphatic carbocycles. The average molecular weight is 463 g/mol. The second-order valence-corrected chi connectivity index (χ2v) is 8.34. The van der Waals surface area contributed by atoms with Gasteiger partial charge in [-0.05, 0) is 35.7 Å². The van der Waals surface area contributed by atoms with Gasteiger partial charge in [-0.3, -0.25) is 14.6 Å². The maximum absolute atomic E-state index is 12.7. The van der Waals surface area contributed by atoms with Crippen LogP contribution in [0.5, 0.6) is 0 Å². The number of aromatic nitrogens is 2. The molecule has 2 aromatic heterocycles. The van der Waals surface area contributed by atoms with Gasteiger partial charge in [0.05, 0.1) is 0 Å². The van der Waals surface area contributed by atoms with Gasteiger partial charge >= 0.3 is 6.03 Å². The van der Waals surface area contributed by atoms with E-state index in [4.69, 9.17) is 0 Å². The topological polar surface area (TPSA) is 110 Å². The number of aromatic amines is 1. The molecular formula is C25H30N6O3. The summed E-state index contributed by atoms with van der Waals surface area (Å²) in [5.41, 5.74) is 3.20. The highest BCUT2D eigenvalue weighted by atomic mass is 16.2. The van der Waals surface area contributed by atoms with Gasteiger partial charge in [0, 0.05) is 81.6 Å². The first-order valence-electron chi connectivity index (χ1n) is 11.6. The number of piperazine rings is 1. The Morgan fingerprint density at radius 1 is 0.912 bits per heavy atom. The van der Waals surface area contributed by atoms with Gasteiger partial charge in [0.1, 0.15) is 0 Å². The predicted molar refractivity (Wildman–Crippen MR) is 129 cm³/mol. The maximum Gasteiger partial charge on any atom is 0.317 e. The van der Waals surface area contributed by atoms with Crippen molar-refractivity contribution in [1.29, 1.82) is 0 Å². The van der Waals surface area contributed by atoms with E-state index < -0.39 is 0 Å². The summed E-state index contributed by atoms with van der Waals surface area (Å²) in [6.07, 6.45) is 6.68. The molecule has 4 rings (SSSR count). The number of nitrogens with one attached hydrogen (secondary N) is 3. The third-order valence-corrected chi connectivity index (χ3v) is 6.07. The first-order valence-corrected chi connectivity index (χ1v) is 11.6. The Kier molecular flexibility index (Phi) is 7.75. The Hall–Kier alpha value is -3.88. The van der Waals surface area contributed by atoms with Gasteiger partial charge in [-0.2, -0.15) is 0 Å². The highest BCUT2D eigenvalue weighted by Crippen LogP contribution is 2.19. The summed E-state index contributed by atoms with van der Waals surface area (Å²) >= 11 is 0. The second-order valence-electron chi connectivity index (χ2n) is 8.34. The number of nitrogens with zero attached hydrogens (tertiary/aromatic N) is 3. The largest absolute Gasteiger partial charge is 0.361 e. The molecule has 3 heterocycles. The molecule has 0 unspecified atom stereocenters. The monoisotopic (exact) mass is 462 g/mol. The number of hydrogen-bond acceptors (Lipinski definition) is 4. The minimum atomic E-state index is -0.201. The van der Waals surface area contributed by atoms with E-state index in [0.29, 0.717) is 45.6 Å². The quantitative estimate of drug-likeness (QED) is 0.476. The van der Waals surface area contributed by atoms with Crippen LogP contribution < -0.4 is 10.6 Å². The summed E-state index contributed by atoms with van der Waals surface area (Å²) in [4.78, 5) is 47.8. The van der Waals surface area contributed by atoms with Gasteiger partial charge in [0.15, 0.2) is 0 Å². The summed E-state index contributed by atoms with van der Waals surface area (Å²) in [5.74, 6) is -0.0149. The molecule has 0 atom stereocenters. The number of urea groups is 1. The average Bonchev–Trinajstić information content (AvgIpc) is 3.30. The lowest BCUT2D eigenvalue weighted by molar-refractivity contribution is -0.132. The van der Waals surface area contributed by atoms with Crippen LogP contribution in [0.4, 0.5) is 4.79 Å². The van der Waals surface area contributed by atoms with E-state index in [2.05, 4.69) is 26.7 Å². The van der Waals surface area contributed by atoms with Crippen LogP contribution in [-0.4, -0.2) is 70.3 Å². The Bertz CT molecular complexity index is 1120. The lowest BCUT2D eigenvalue weighted by Gasteiger charge is -2.34. The Morgan fingerprint density at radius 2 is 1.65 bits per heavy atom. The zero-order chi connectivity index (χ0) is 23.8. The van der Waals surface area contributed by atoms with Crippen molar-refractivity contribution >= 4 is 28.7 Å². The highest BCUT2D eigenvalue weighted by Gasteiger charge is 2.24. The zero-order valence-electron chi connectivity index (χ0n) is 19.1. The van der Waals surface area contributed by atoms with Crippen LogP contribution >= 0.6 is 0 Å². The fourth-order valence-corrected chi connectivity index (χ4v) is 4.08. The Balaban J connectivity index is 1.12. The standard InChI is InChI=1S/C25H30N6O3/c32-23(29-17-19-7-10-26-11-8-19)9-12-27-25(34)31-15-13-30(14-16-31)24(33)6-5-20-18-28-22-4-2-1-3-21(20)22/h1-4,7-8,10-11,18,28H,5-6,9,12-17H2,(H,27,34)(H,29,32). The van der Waals surface area contributed by atoms with Crippen molar-refractivity contribution in [2.75, 3.05) is 32.7 Å². The second kappa shape index (κ2) is 11.3. The van der Waals surface area contributed by atoms with Crippen molar-refractivity contribution < 1.29 is 14.4 Å². The number of carbonyl (C=O) groups is 3. The van der Waals surface area contributed by atoms with Crippen LogP contribution in [-0.2, 0) is 22.6 Å². The van der Waals surface area contributed by atoms with Crippen molar-refractivity contribution in [3.63, 3.8) is 0 Å². The minimum Gasteiger partial charge on any atom is -0.361 e. The number of para-hydroxylation sites is 1. The molecule has 1 aromatic carbocycles. The number of fused-ring (bicyclic) bond motifs is 1. The lowest BCUT2D eigenvalue weighted by atomic mass is 10.1. The fourth-order valence-electron chi connectivity index (χ4n) is 4.08. The van der Waals surface area contributed by atoms with E-state index in [1.54, 1.807) is 17.3 Å². The van der Waals surface area contributed by atoms with Gasteiger partial charge in [-0.15, -0.1) is 0 Å². The molecule has 4 amide bonds. The first kappa shape index (κ1) is 23.3. The van der Waals surface area contributed by atoms with Crippen LogP contribution in [0.1, 0.15) is 24.0 Å².